The number of alkyl halides is 6. The minimum absolute atomic E-state index is 0.0420. The van der Waals surface area contributed by atoms with Crippen LogP contribution >= 0.6 is 11.3 Å². The minimum atomic E-state index is -5.05. The van der Waals surface area contributed by atoms with Crippen molar-refractivity contribution in [1.82, 2.24) is 14.9 Å². The van der Waals surface area contributed by atoms with Gasteiger partial charge in [0, 0.05) is 19.5 Å². The van der Waals surface area contributed by atoms with E-state index in [1.165, 1.54) is 23.2 Å². The highest BCUT2D eigenvalue weighted by Gasteiger charge is 2.44. The van der Waals surface area contributed by atoms with Crippen molar-refractivity contribution in [1.29, 1.82) is 0 Å². The fourth-order valence-electron chi connectivity index (χ4n) is 6.48. The number of carboxylic acids is 1. The van der Waals surface area contributed by atoms with Gasteiger partial charge in [-0.1, -0.05) is 0 Å². The predicted octanol–water partition coefficient (Wildman–Crippen LogP) is 8.74. The monoisotopic (exact) mass is 698 g/mol. The quantitative estimate of drug-likeness (QED) is 0.212. The summed E-state index contributed by atoms with van der Waals surface area (Å²) in [6, 6.07) is 2.22. The summed E-state index contributed by atoms with van der Waals surface area (Å²) in [4.78, 5) is 38.2. The number of rotatable bonds is 10. The SMILES string of the molecule is CCN(CC1CCC(CC(=O)O)CC1)c1ncc(-c2cc(C)cs2)nc1CN1C(=O)OC(c2cc(C(F)(F)F)cc(C(F)(F)F)c2)[C@@H]1C. The Labute approximate surface area is 277 Å². The Balaban J connectivity index is 1.44. The number of carboxylic acid groups (broad SMARTS) is 1. The Morgan fingerprint density at radius 3 is 2.21 bits per heavy atom. The van der Waals surface area contributed by atoms with Crippen LogP contribution in [0.3, 0.4) is 0 Å². The molecule has 48 heavy (non-hydrogen) atoms. The molecule has 1 aliphatic carbocycles. The summed E-state index contributed by atoms with van der Waals surface area (Å²) >= 11 is 1.47. The van der Waals surface area contributed by atoms with E-state index < -0.39 is 53.3 Å². The predicted molar refractivity (Wildman–Crippen MR) is 166 cm³/mol. The second-order valence-electron chi connectivity index (χ2n) is 12.5. The molecular weight excluding hydrogens is 662 g/mol. The van der Waals surface area contributed by atoms with E-state index in [0.717, 1.165) is 36.1 Å². The molecule has 1 aromatic carbocycles. The molecule has 0 radical (unpaired) electrons. The largest absolute Gasteiger partial charge is 0.481 e. The number of aryl methyl sites for hydroxylation is 1. The molecule has 1 amide bonds. The normalized spacial score (nSPS) is 21.8. The minimum Gasteiger partial charge on any atom is -0.481 e. The summed E-state index contributed by atoms with van der Waals surface area (Å²) < 4.78 is 87.1. The van der Waals surface area contributed by atoms with Gasteiger partial charge in [-0.2, -0.15) is 26.3 Å². The first-order chi connectivity index (χ1) is 22.5. The number of carbonyl (C=O) groups excluding carboxylic acids is 1. The highest BCUT2D eigenvalue weighted by atomic mass is 32.1. The Morgan fingerprint density at radius 1 is 1.04 bits per heavy atom. The summed E-state index contributed by atoms with van der Waals surface area (Å²) in [5.74, 6) is 0.106. The van der Waals surface area contributed by atoms with Crippen LogP contribution in [0.5, 0.6) is 0 Å². The third kappa shape index (κ3) is 8.04. The van der Waals surface area contributed by atoms with Crippen molar-refractivity contribution in [3.63, 3.8) is 0 Å². The number of carbonyl (C=O) groups is 2. The van der Waals surface area contributed by atoms with Gasteiger partial charge in [-0.25, -0.2) is 14.8 Å². The van der Waals surface area contributed by atoms with Gasteiger partial charge in [-0.3, -0.25) is 9.69 Å². The number of thiophene rings is 1. The number of hydrogen-bond acceptors (Lipinski definition) is 7. The van der Waals surface area contributed by atoms with Crippen molar-refractivity contribution in [2.24, 2.45) is 11.8 Å². The lowest BCUT2D eigenvalue weighted by molar-refractivity contribution is -0.143. The third-order valence-electron chi connectivity index (χ3n) is 9.05. The van der Waals surface area contributed by atoms with Crippen LogP contribution < -0.4 is 4.90 Å². The average Bonchev–Trinajstić information content (AvgIpc) is 3.57. The zero-order chi connectivity index (χ0) is 35.0. The Kier molecular flexibility index (Phi) is 10.3. The van der Waals surface area contributed by atoms with Gasteiger partial charge in [0.05, 0.1) is 40.5 Å². The molecule has 5 rings (SSSR count). The van der Waals surface area contributed by atoms with Crippen molar-refractivity contribution < 1.29 is 45.8 Å². The lowest BCUT2D eigenvalue weighted by Crippen LogP contribution is -2.36. The standard InChI is InChI=1S/C33H36F6N4O4S/c1-4-42(15-21-7-5-20(6-8-21)10-28(44)45)30-26(41-25(14-40-30)27-9-18(2)17-48-27)16-43-19(3)29(47-31(43)46)22-11-23(32(34,35)36)13-24(12-22)33(37,38)39/h9,11-14,17,19-21,29H,4-8,10,15-16H2,1-3H3,(H,44,45)/t19-,20?,21?,29?/m0/s1. The Hall–Kier alpha value is -3.88. The van der Waals surface area contributed by atoms with Crippen molar-refractivity contribution in [3.8, 4) is 10.6 Å². The number of halogens is 6. The van der Waals surface area contributed by atoms with Gasteiger partial charge in [0.1, 0.15) is 11.8 Å². The highest BCUT2D eigenvalue weighted by molar-refractivity contribution is 7.13. The molecule has 260 valence electrons. The number of amides is 1. The van der Waals surface area contributed by atoms with Gasteiger partial charge in [0.2, 0.25) is 0 Å². The first-order valence-electron chi connectivity index (χ1n) is 15.7. The molecule has 2 fully saturated rings. The van der Waals surface area contributed by atoms with Crippen molar-refractivity contribution >= 4 is 29.2 Å². The maximum atomic E-state index is 13.6. The molecule has 1 N–H and O–H groups in total. The lowest BCUT2D eigenvalue weighted by Gasteiger charge is -2.33. The average molecular weight is 699 g/mol. The van der Waals surface area contributed by atoms with E-state index in [4.69, 9.17) is 14.7 Å². The smallest absolute Gasteiger partial charge is 0.416 e. The molecule has 1 unspecified atom stereocenters. The van der Waals surface area contributed by atoms with Gasteiger partial charge in [-0.05, 0) is 99.1 Å². The fourth-order valence-corrected chi connectivity index (χ4v) is 7.34. The van der Waals surface area contributed by atoms with Gasteiger partial charge in [0.25, 0.3) is 0 Å². The van der Waals surface area contributed by atoms with Gasteiger partial charge < -0.3 is 14.7 Å². The second-order valence-corrected chi connectivity index (χ2v) is 13.5. The van der Waals surface area contributed by atoms with Crippen LogP contribution in [0.1, 0.15) is 80.0 Å². The summed E-state index contributed by atoms with van der Waals surface area (Å²) in [5, 5.41) is 11.1. The summed E-state index contributed by atoms with van der Waals surface area (Å²) in [6.07, 6.45) is -7.32. The van der Waals surface area contributed by atoms with Crippen LogP contribution in [-0.4, -0.2) is 51.2 Å². The number of aliphatic carboxylic acids is 1. The molecule has 8 nitrogen and oxygen atoms in total. The van der Waals surface area contributed by atoms with E-state index >= 15 is 0 Å². The molecule has 1 saturated carbocycles. The van der Waals surface area contributed by atoms with Crippen LogP contribution in [-0.2, 0) is 28.4 Å². The number of nitrogens with zero attached hydrogens (tertiary/aromatic N) is 4. The van der Waals surface area contributed by atoms with Crippen LogP contribution in [0.15, 0.2) is 35.8 Å². The zero-order valence-electron chi connectivity index (χ0n) is 26.6. The molecule has 3 heterocycles. The van der Waals surface area contributed by atoms with E-state index in [2.05, 4.69) is 0 Å². The van der Waals surface area contributed by atoms with Gasteiger partial charge in [-0.15, -0.1) is 11.3 Å². The van der Waals surface area contributed by atoms with E-state index in [-0.39, 0.29) is 30.9 Å². The zero-order valence-corrected chi connectivity index (χ0v) is 27.4. The Bertz CT molecular complexity index is 1600. The van der Waals surface area contributed by atoms with Crippen LogP contribution in [0.2, 0.25) is 0 Å². The lowest BCUT2D eigenvalue weighted by atomic mass is 9.80. The molecule has 2 atom stereocenters. The van der Waals surface area contributed by atoms with Crippen LogP contribution in [0.4, 0.5) is 37.0 Å². The molecule has 2 aromatic heterocycles. The van der Waals surface area contributed by atoms with Crippen LogP contribution in [0.25, 0.3) is 10.6 Å². The molecule has 1 aliphatic heterocycles. The molecule has 0 bridgehead atoms. The van der Waals surface area contributed by atoms with Gasteiger partial charge in [0.15, 0.2) is 5.82 Å². The maximum absolute atomic E-state index is 13.6. The summed E-state index contributed by atoms with van der Waals surface area (Å²) in [5.41, 5.74) is -1.40. The van der Waals surface area contributed by atoms with Crippen molar-refractivity contribution in [2.75, 3.05) is 18.0 Å². The van der Waals surface area contributed by atoms with Crippen molar-refractivity contribution in [2.45, 2.75) is 83.9 Å². The summed E-state index contributed by atoms with van der Waals surface area (Å²) in [7, 11) is 0. The second kappa shape index (κ2) is 13.9. The van der Waals surface area contributed by atoms with E-state index in [1.54, 1.807) is 6.20 Å². The number of benzene rings is 1. The molecular formula is C33H36F6N4O4S. The topological polar surface area (TPSA) is 95.9 Å². The first kappa shape index (κ1) is 35.4. The highest BCUT2D eigenvalue weighted by Crippen LogP contribution is 2.42. The third-order valence-corrected chi connectivity index (χ3v) is 10.1. The van der Waals surface area contributed by atoms with E-state index in [1.807, 2.05) is 30.2 Å². The van der Waals surface area contributed by atoms with Crippen molar-refractivity contribution in [3.05, 3.63) is 63.8 Å². The van der Waals surface area contributed by atoms with Crippen LogP contribution in [0, 0.1) is 18.8 Å². The Morgan fingerprint density at radius 2 is 1.67 bits per heavy atom. The molecule has 2 aliphatic rings. The molecule has 1 saturated heterocycles. The van der Waals surface area contributed by atoms with Gasteiger partial charge >= 0.3 is 24.4 Å². The summed E-state index contributed by atoms with van der Waals surface area (Å²) in [6.45, 7) is 6.41. The number of anilines is 1. The fraction of sp³-hybridized carbons (Fsp3) is 0.515. The molecule has 3 aromatic rings. The first-order valence-corrected chi connectivity index (χ1v) is 16.6. The van der Waals surface area contributed by atoms with E-state index in [0.29, 0.717) is 42.4 Å². The number of hydrogen-bond donors (Lipinski definition) is 1. The number of cyclic esters (lactones) is 1. The maximum Gasteiger partial charge on any atom is 0.416 e. The molecule has 15 heteroatoms. The number of aromatic nitrogens is 2. The molecule has 0 spiro atoms. The van der Waals surface area contributed by atoms with E-state index in [9.17, 15) is 41.0 Å². The number of ether oxygens (including phenoxy) is 1.